The van der Waals surface area contributed by atoms with Crippen LogP contribution in [-0.2, 0) is 23.7 Å². The number of carbonyl (C=O) groups is 5. The van der Waals surface area contributed by atoms with Crippen LogP contribution in [0.2, 0.25) is 0 Å². The first-order chi connectivity index (χ1) is 27.2. The van der Waals surface area contributed by atoms with Crippen molar-refractivity contribution >= 4 is 58.7 Å². The van der Waals surface area contributed by atoms with Crippen LogP contribution < -0.4 is 26.0 Å². The number of hydrogen-bond acceptors (Lipinski definition) is 9. The van der Waals surface area contributed by atoms with E-state index in [1.165, 1.54) is 31.2 Å². The summed E-state index contributed by atoms with van der Waals surface area (Å²) in [6.45, 7) is 3.10. The second kappa shape index (κ2) is 16.7. The number of nitrogens with one attached hydrogen (secondary N) is 3. The maximum Gasteiger partial charge on any atom is 0.355 e. The molecule has 0 radical (unpaired) electrons. The van der Waals surface area contributed by atoms with Gasteiger partial charge in [0, 0.05) is 17.3 Å². The third-order valence-corrected chi connectivity index (χ3v) is 14.5. The molecule has 10 atom stereocenters. The smallest absolute Gasteiger partial charge is 0.355 e. The number of ether oxygens (including phenoxy) is 1. The molecule has 4 heterocycles. The van der Waals surface area contributed by atoms with Crippen molar-refractivity contribution in [2.75, 3.05) is 19.7 Å². The van der Waals surface area contributed by atoms with E-state index in [1.807, 2.05) is 6.92 Å². The Hall–Kier alpha value is -4.60. The lowest BCUT2D eigenvalue weighted by Crippen LogP contribution is -2.58. The van der Waals surface area contributed by atoms with Crippen LogP contribution >= 0.6 is 18.9 Å². The maximum atomic E-state index is 16.5. The fraction of sp³-hybridized carbons (Fsp3) is 0.513. The summed E-state index contributed by atoms with van der Waals surface area (Å²) in [6, 6.07) is 9.28. The number of thiophene rings is 1. The average molecular weight is 829 g/mol. The summed E-state index contributed by atoms with van der Waals surface area (Å²) in [4.78, 5) is 68.7. The minimum Gasteiger partial charge on any atom is -0.465 e. The maximum absolute atomic E-state index is 16.5. The summed E-state index contributed by atoms with van der Waals surface area (Å²) in [5, 5.41) is 8.67. The van der Waals surface area contributed by atoms with Gasteiger partial charge in [-0.05, 0) is 98.6 Å². The summed E-state index contributed by atoms with van der Waals surface area (Å²) in [5.74, 6) is -3.58. The Labute approximate surface area is 332 Å². The molecule has 5 N–H and O–H groups in total. The number of hydrogen-bond donors (Lipinski definition) is 4. The number of likely N-dealkylation sites (tertiary alicyclic amines) is 1. The van der Waals surface area contributed by atoms with Gasteiger partial charge in [0.1, 0.15) is 30.0 Å². The van der Waals surface area contributed by atoms with E-state index in [0.717, 1.165) is 29.1 Å². The van der Waals surface area contributed by atoms with E-state index in [-0.39, 0.29) is 53.8 Å². The molecular formula is C39H47F2N6O8PS. The van der Waals surface area contributed by atoms with Crippen molar-refractivity contribution in [3.8, 4) is 5.75 Å². The SMILES string of the molecule is CCCOC(=O)[C@H](C)NP(=O)(Oc1ccccc1)C(F)c1ccc2sc(C(=O)N[C@H]3C[C@@H]4C[C@@H]4C[C@H]4CC[C@@H](C(=O)N[C@H]5CN(C(N)=O)C[C@@H]5F)N4C3=O)cc2c1. The largest absolute Gasteiger partial charge is 0.465 e. The van der Waals surface area contributed by atoms with Crippen molar-refractivity contribution in [2.24, 2.45) is 17.6 Å². The number of primary amides is 1. The van der Waals surface area contributed by atoms with Gasteiger partial charge in [-0.15, -0.1) is 11.3 Å². The second-order valence-corrected chi connectivity index (χ2v) is 18.6. The van der Waals surface area contributed by atoms with E-state index >= 15 is 4.39 Å². The van der Waals surface area contributed by atoms with E-state index < -0.39 is 67.6 Å². The molecule has 5 amide bonds. The van der Waals surface area contributed by atoms with Crippen molar-refractivity contribution in [3.05, 3.63) is 65.0 Å². The number of benzene rings is 2. The molecule has 57 heavy (non-hydrogen) atoms. The minimum atomic E-state index is -4.47. The van der Waals surface area contributed by atoms with Crippen LogP contribution in [0.15, 0.2) is 54.6 Å². The Morgan fingerprint density at radius 1 is 1.02 bits per heavy atom. The molecule has 4 aliphatic rings. The van der Waals surface area contributed by atoms with Gasteiger partial charge in [-0.1, -0.05) is 31.2 Å². The number of rotatable bonds is 13. The fourth-order valence-electron chi connectivity index (χ4n) is 8.18. The Morgan fingerprint density at radius 2 is 1.77 bits per heavy atom. The molecule has 3 aromatic rings. The van der Waals surface area contributed by atoms with E-state index in [4.69, 9.17) is 15.0 Å². The molecule has 3 saturated heterocycles. The van der Waals surface area contributed by atoms with Gasteiger partial charge in [0.05, 0.1) is 24.1 Å². The molecule has 2 aromatic carbocycles. The quantitative estimate of drug-likeness (QED) is 0.133. The molecule has 1 aromatic heterocycles. The molecule has 4 fully saturated rings. The highest BCUT2D eigenvalue weighted by Gasteiger charge is 2.52. The summed E-state index contributed by atoms with van der Waals surface area (Å²) in [6.07, 6.45) is 2.13. The second-order valence-electron chi connectivity index (χ2n) is 15.4. The van der Waals surface area contributed by atoms with Crippen LogP contribution in [-0.4, -0.2) is 95.6 Å². The van der Waals surface area contributed by atoms with E-state index in [9.17, 15) is 32.9 Å². The van der Waals surface area contributed by atoms with Crippen molar-refractivity contribution in [2.45, 2.75) is 94.7 Å². The van der Waals surface area contributed by atoms with Gasteiger partial charge in [0.15, 0.2) is 0 Å². The number of nitrogens with zero attached hydrogens (tertiary/aromatic N) is 2. The van der Waals surface area contributed by atoms with Crippen LogP contribution in [0.4, 0.5) is 13.6 Å². The van der Waals surface area contributed by atoms with Crippen molar-refractivity contribution in [3.63, 3.8) is 0 Å². The highest BCUT2D eigenvalue weighted by Crippen LogP contribution is 2.58. The molecule has 1 aliphatic carbocycles. The summed E-state index contributed by atoms with van der Waals surface area (Å²) in [7, 11) is -4.47. The topological polar surface area (TPSA) is 189 Å². The monoisotopic (exact) mass is 828 g/mol. The number of amides is 5. The third kappa shape index (κ3) is 8.80. The van der Waals surface area contributed by atoms with Crippen LogP contribution in [0.3, 0.4) is 0 Å². The van der Waals surface area contributed by atoms with Crippen molar-refractivity contribution < 1.29 is 46.6 Å². The number of nitrogens with two attached hydrogens (primary N) is 1. The molecule has 14 nitrogen and oxygen atoms in total. The van der Waals surface area contributed by atoms with E-state index in [1.54, 1.807) is 35.2 Å². The normalized spacial score (nSPS) is 27.6. The third-order valence-electron chi connectivity index (χ3n) is 11.2. The highest BCUT2D eigenvalue weighted by atomic mass is 32.1. The number of fused-ring (bicyclic) bond motifs is 3. The minimum absolute atomic E-state index is 0.00784. The molecule has 7 rings (SSSR count). The predicted molar refractivity (Wildman–Crippen MR) is 208 cm³/mol. The molecule has 1 saturated carbocycles. The van der Waals surface area contributed by atoms with Crippen LogP contribution in [0.25, 0.3) is 10.1 Å². The van der Waals surface area contributed by atoms with Gasteiger partial charge in [0.2, 0.25) is 17.7 Å². The Kier molecular flexibility index (Phi) is 11.9. The van der Waals surface area contributed by atoms with Gasteiger partial charge in [0.25, 0.3) is 5.91 Å². The lowest BCUT2D eigenvalue weighted by atomic mass is 9.99. The van der Waals surface area contributed by atoms with Gasteiger partial charge < -0.3 is 35.4 Å². The summed E-state index contributed by atoms with van der Waals surface area (Å²) >= 11 is 1.14. The Bertz CT molecular complexity index is 2080. The first-order valence-corrected chi connectivity index (χ1v) is 21.8. The first-order valence-electron chi connectivity index (χ1n) is 19.3. The van der Waals surface area contributed by atoms with Crippen molar-refractivity contribution in [1.82, 2.24) is 25.5 Å². The van der Waals surface area contributed by atoms with Gasteiger partial charge in [-0.3, -0.25) is 23.7 Å². The van der Waals surface area contributed by atoms with Crippen LogP contribution in [0.5, 0.6) is 5.75 Å². The number of para-hydroxylation sites is 1. The average Bonchev–Trinajstić information content (AvgIpc) is 3.46. The van der Waals surface area contributed by atoms with Crippen LogP contribution in [0.1, 0.15) is 73.5 Å². The molecule has 2 unspecified atom stereocenters. The molecule has 3 aliphatic heterocycles. The molecule has 0 spiro atoms. The Balaban J connectivity index is 1.07. The number of halogens is 2. The van der Waals surface area contributed by atoms with Gasteiger partial charge in [-0.25, -0.2) is 18.7 Å². The van der Waals surface area contributed by atoms with Crippen LogP contribution in [0, 0.1) is 11.8 Å². The van der Waals surface area contributed by atoms with E-state index in [0.29, 0.717) is 41.7 Å². The standard InChI is InChI=1S/C39H47F2N6O8PS/c1-3-13-54-38(51)21(2)45-56(53,55-27-7-5-4-6-8-27)34(41)22-9-12-32-25(14-22)18-33(57-32)36(49)43-29-17-24-15-23(24)16-26-10-11-31(47(26)37(29)50)35(48)44-30-20-46(39(42)52)19-28(30)40/h4-9,12,14,18,21,23-24,26,28-31,34H,3,10-11,13,15-17,19-20H2,1-2H3,(H2,42,52)(H,43,49)(H,44,48)(H,45,53)/t21-,23+,24-,26+,28-,29-,30-,31-,34?,56?/m0/s1. The zero-order valence-corrected chi connectivity index (χ0v) is 33.3. The lowest BCUT2D eigenvalue weighted by molar-refractivity contribution is -0.145. The summed E-state index contributed by atoms with van der Waals surface area (Å²) < 4.78 is 57.0. The number of esters is 1. The first kappa shape index (κ1) is 40.6. The Morgan fingerprint density at radius 3 is 2.49 bits per heavy atom. The summed E-state index contributed by atoms with van der Waals surface area (Å²) in [5.41, 5.74) is 5.31. The number of alkyl halides is 2. The number of urea groups is 1. The fourth-order valence-corrected chi connectivity index (χ4v) is 11.0. The van der Waals surface area contributed by atoms with Gasteiger partial charge >= 0.3 is 19.5 Å². The molecule has 0 bridgehead atoms. The lowest BCUT2D eigenvalue weighted by Gasteiger charge is -2.35. The zero-order chi connectivity index (χ0) is 40.6. The van der Waals surface area contributed by atoms with E-state index in [2.05, 4.69) is 15.7 Å². The predicted octanol–water partition coefficient (Wildman–Crippen LogP) is 5.18. The zero-order valence-electron chi connectivity index (χ0n) is 31.6. The molecular weight excluding hydrogens is 781 g/mol. The van der Waals surface area contributed by atoms with Crippen molar-refractivity contribution in [1.29, 1.82) is 0 Å². The number of carbonyl (C=O) groups excluding carboxylic acids is 5. The highest BCUT2D eigenvalue weighted by molar-refractivity contribution is 7.57. The molecule has 18 heteroatoms. The molecule has 306 valence electrons. The van der Waals surface area contributed by atoms with Gasteiger partial charge in [-0.2, -0.15) is 0 Å².